The molecule has 0 amide bonds. The largest absolute Gasteiger partial charge is 0.490 e. The number of alkyl halides is 4. The van der Waals surface area contributed by atoms with Crippen molar-refractivity contribution in [2.24, 2.45) is 0 Å². The molecule has 0 saturated carbocycles. The summed E-state index contributed by atoms with van der Waals surface area (Å²) >= 11 is 0. The molecule has 0 bridgehead atoms. The lowest BCUT2D eigenvalue weighted by Gasteiger charge is -2.23. The Morgan fingerprint density at radius 3 is 2.44 bits per heavy atom. The fourth-order valence-electron chi connectivity index (χ4n) is 3.31. The van der Waals surface area contributed by atoms with Gasteiger partial charge in [-0.2, -0.15) is 18.2 Å². The van der Waals surface area contributed by atoms with E-state index in [9.17, 15) is 22.4 Å². The summed E-state index contributed by atoms with van der Waals surface area (Å²) in [7, 11) is 0. The number of halogens is 4. The number of aliphatic carboxylic acids is 1. The number of carbonyl (C=O) groups is 1. The number of nitrogens with zero attached hydrogens (tertiary/aromatic N) is 3. The highest BCUT2D eigenvalue weighted by atomic mass is 19.4. The van der Waals surface area contributed by atoms with E-state index in [1.807, 2.05) is 11.8 Å². The Morgan fingerprint density at radius 1 is 1.12 bits per heavy atom. The summed E-state index contributed by atoms with van der Waals surface area (Å²) in [6, 6.07) is 10.3. The van der Waals surface area contributed by atoms with Gasteiger partial charge in [0.05, 0.1) is 12.0 Å². The molecule has 3 aromatic rings. The van der Waals surface area contributed by atoms with Crippen LogP contribution in [0.5, 0.6) is 5.75 Å². The summed E-state index contributed by atoms with van der Waals surface area (Å²) in [5.41, 5.74) is 0.375. The highest BCUT2D eigenvalue weighted by Crippen LogP contribution is 2.39. The van der Waals surface area contributed by atoms with Crippen LogP contribution in [-0.2, 0) is 11.0 Å². The Morgan fingerprint density at radius 2 is 1.82 bits per heavy atom. The molecule has 7 nitrogen and oxygen atoms in total. The number of hydrogen-bond acceptors (Lipinski definition) is 6. The van der Waals surface area contributed by atoms with Gasteiger partial charge in [-0.3, -0.25) is 4.79 Å². The van der Waals surface area contributed by atoms with Crippen molar-refractivity contribution < 1.29 is 36.7 Å². The zero-order valence-electron chi connectivity index (χ0n) is 18.3. The lowest BCUT2D eigenvalue weighted by molar-refractivity contribution is -0.139. The first-order valence-electron chi connectivity index (χ1n) is 10.5. The monoisotopic (exact) mass is 481 g/mol. The molecule has 0 aliphatic carbocycles. The lowest BCUT2D eigenvalue weighted by atomic mass is 10.1. The summed E-state index contributed by atoms with van der Waals surface area (Å²) in [5, 5.41) is 12.8. The Hall–Kier alpha value is -3.63. The van der Waals surface area contributed by atoms with Crippen molar-refractivity contribution in [1.82, 2.24) is 10.1 Å². The fourth-order valence-corrected chi connectivity index (χ4v) is 3.31. The van der Waals surface area contributed by atoms with Crippen LogP contribution in [0.3, 0.4) is 0 Å². The zero-order chi connectivity index (χ0) is 24.7. The molecule has 182 valence electrons. The molecule has 2 aromatic carbocycles. The molecular weight excluding hydrogens is 458 g/mol. The number of ether oxygens (including phenoxy) is 1. The molecule has 0 fully saturated rings. The van der Waals surface area contributed by atoms with Crippen LogP contribution in [-0.4, -0.2) is 47.6 Å². The fraction of sp³-hybridized carbons (Fsp3) is 0.348. The first kappa shape index (κ1) is 25.0. The molecule has 1 N–H and O–H groups in total. The van der Waals surface area contributed by atoms with Crippen molar-refractivity contribution in [1.29, 1.82) is 0 Å². The SMILES string of the molecule is CCCN(CCC(=O)O)c1ccc(-c2noc(-c3ccc(OCCF)c(C(F)(F)F)c3)n2)cc1. The smallest absolute Gasteiger partial charge is 0.419 e. The van der Waals surface area contributed by atoms with Crippen LogP contribution in [0.4, 0.5) is 23.2 Å². The van der Waals surface area contributed by atoms with Gasteiger partial charge in [-0.1, -0.05) is 12.1 Å². The van der Waals surface area contributed by atoms with Gasteiger partial charge in [-0.25, -0.2) is 4.39 Å². The van der Waals surface area contributed by atoms with Gasteiger partial charge >= 0.3 is 12.1 Å². The van der Waals surface area contributed by atoms with Gasteiger partial charge in [0.1, 0.15) is 19.0 Å². The molecule has 1 heterocycles. The Labute approximate surface area is 193 Å². The number of benzene rings is 2. The van der Waals surface area contributed by atoms with E-state index in [4.69, 9.17) is 14.4 Å². The highest BCUT2D eigenvalue weighted by molar-refractivity contribution is 5.68. The van der Waals surface area contributed by atoms with Crippen molar-refractivity contribution in [2.75, 3.05) is 31.3 Å². The average Bonchev–Trinajstić information content (AvgIpc) is 3.30. The minimum atomic E-state index is -4.72. The van der Waals surface area contributed by atoms with E-state index in [-0.39, 0.29) is 23.7 Å². The van der Waals surface area contributed by atoms with Crippen molar-refractivity contribution in [3.05, 3.63) is 48.0 Å². The molecule has 1 aromatic heterocycles. The standard InChI is InChI=1S/C23H23F4N3O4/c1-2-11-30(12-9-20(31)32)17-6-3-15(4-7-17)21-28-22(34-29-21)16-5-8-19(33-13-10-24)18(14-16)23(25,26)27/h3-8,14H,2,9-13H2,1H3,(H,31,32). The molecule has 0 saturated heterocycles. The second kappa shape index (κ2) is 11.0. The third kappa shape index (κ3) is 6.24. The molecular formula is C23H23F4N3O4. The maximum atomic E-state index is 13.4. The van der Waals surface area contributed by atoms with E-state index in [2.05, 4.69) is 10.1 Å². The summed E-state index contributed by atoms with van der Waals surface area (Å²) in [4.78, 5) is 17.0. The number of rotatable bonds is 11. The van der Waals surface area contributed by atoms with E-state index in [0.29, 0.717) is 18.7 Å². The molecule has 0 aliphatic heterocycles. The van der Waals surface area contributed by atoms with E-state index < -0.39 is 36.7 Å². The molecule has 0 spiro atoms. The maximum Gasteiger partial charge on any atom is 0.419 e. The Kier molecular flexibility index (Phi) is 8.08. The number of hydrogen-bond donors (Lipinski definition) is 1. The van der Waals surface area contributed by atoms with Crippen LogP contribution in [0.2, 0.25) is 0 Å². The van der Waals surface area contributed by atoms with Crippen LogP contribution >= 0.6 is 0 Å². The topological polar surface area (TPSA) is 88.7 Å². The van der Waals surface area contributed by atoms with E-state index in [1.54, 1.807) is 24.3 Å². The normalized spacial score (nSPS) is 11.4. The average molecular weight is 481 g/mol. The second-order valence-electron chi connectivity index (χ2n) is 7.35. The van der Waals surface area contributed by atoms with Crippen molar-refractivity contribution in [2.45, 2.75) is 25.9 Å². The van der Waals surface area contributed by atoms with Crippen LogP contribution in [0.15, 0.2) is 47.0 Å². The van der Waals surface area contributed by atoms with Crippen LogP contribution in [0, 0.1) is 0 Å². The van der Waals surface area contributed by atoms with Gasteiger partial charge in [0.25, 0.3) is 5.89 Å². The van der Waals surface area contributed by atoms with Gasteiger partial charge in [0, 0.05) is 29.9 Å². The predicted molar refractivity (Wildman–Crippen MR) is 116 cm³/mol. The molecule has 0 unspecified atom stereocenters. The highest BCUT2D eigenvalue weighted by Gasteiger charge is 2.35. The van der Waals surface area contributed by atoms with Gasteiger partial charge < -0.3 is 19.3 Å². The molecule has 0 aliphatic rings. The number of carboxylic acids is 1. The van der Waals surface area contributed by atoms with Crippen molar-refractivity contribution in [3.63, 3.8) is 0 Å². The van der Waals surface area contributed by atoms with Gasteiger partial charge in [0.15, 0.2) is 0 Å². The summed E-state index contributed by atoms with van der Waals surface area (Å²) in [6.45, 7) is 1.63. The molecule has 11 heteroatoms. The number of carboxylic acid groups (broad SMARTS) is 1. The quantitative estimate of drug-likeness (QED) is 0.364. The number of anilines is 1. The van der Waals surface area contributed by atoms with Crippen LogP contribution in [0.1, 0.15) is 25.3 Å². The van der Waals surface area contributed by atoms with E-state index in [0.717, 1.165) is 24.2 Å². The first-order chi connectivity index (χ1) is 16.2. The third-order valence-corrected chi connectivity index (χ3v) is 4.87. The zero-order valence-corrected chi connectivity index (χ0v) is 18.3. The summed E-state index contributed by atoms with van der Waals surface area (Å²) in [5.74, 6) is -1.30. The van der Waals surface area contributed by atoms with Crippen LogP contribution < -0.4 is 9.64 Å². The molecule has 0 atom stereocenters. The first-order valence-corrected chi connectivity index (χ1v) is 10.5. The molecule has 3 rings (SSSR count). The summed E-state index contributed by atoms with van der Waals surface area (Å²) in [6.07, 6.45) is -3.87. The Bertz CT molecular complexity index is 1100. The lowest BCUT2D eigenvalue weighted by Crippen LogP contribution is -2.26. The third-order valence-electron chi connectivity index (χ3n) is 4.87. The second-order valence-corrected chi connectivity index (χ2v) is 7.35. The number of aromatic nitrogens is 2. The van der Waals surface area contributed by atoms with E-state index >= 15 is 0 Å². The maximum absolute atomic E-state index is 13.4. The van der Waals surface area contributed by atoms with Gasteiger partial charge in [0.2, 0.25) is 5.82 Å². The van der Waals surface area contributed by atoms with Crippen molar-refractivity contribution in [3.8, 4) is 28.6 Å². The van der Waals surface area contributed by atoms with Gasteiger partial charge in [-0.15, -0.1) is 0 Å². The van der Waals surface area contributed by atoms with Crippen molar-refractivity contribution >= 4 is 11.7 Å². The predicted octanol–water partition coefficient (Wildman–Crippen LogP) is 5.46. The minimum absolute atomic E-state index is 0.00742. The molecule has 0 radical (unpaired) electrons. The van der Waals surface area contributed by atoms with Gasteiger partial charge in [-0.05, 0) is 48.9 Å². The minimum Gasteiger partial charge on any atom is -0.490 e. The van der Waals surface area contributed by atoms with E-state index in [1.165, 1.54) is 6.07 Å². The Balaban J connectivity index is 1.83. The summed E-state index contributed by atoms with van der Waals surface area (Å²) < 4.78 is 62.6. The molecule has 34 heavy (non-hydrogen) atoms. The van der Waals surface area contributed by atoms with Crippen LogP contribution in [0.25, 0.3) is 22.8 Å².